The molecule has 92 valence electrons. The highest BCUT2D eigenvalue weighted by Gasteiger charge is 2.14. The van der Waals surface area contributed by atoms with Crippen molar-refractivity contribution in [2.45, 2.75) is 0 Å². The number of pyridine rings is 1. The van der Waals surface area contributed by atoms with Crippen molar-refractivity contribution in [3.05, 3.63) is 53.3 Å². The van der Waals surface area contributed by atoms with Crippen LogP contribution in [-0.2, 0) is 0 Å². The molecular formula is C13H11ClN2O2. The van der Waals surface area contributed by atoms with Crippen molar-refractivity contribution in [2.75, 3.05) is 11.9 Å². The second-order valence-electron chi connectivity index (χ2n) is 3.74. The first kappa shape index (κ1) is 12.4. The molecule has 0 spiro atoms. The predicted octanol–water partition coefficient (Wildman–Crippen LogP) is 2.72. The van der Waals surface area contributed by atoms with E-state index < -0.39 is 0 Å². The van der Waals surface area contributed by atoms with Gasteiger partial charge in [0, 0.05) is 18.9 Å². The quantitative estimate of drug-likeness (QED) is 0.905. The number of phenolic OH excluding ortho intramolecular Hbond substituents is 1. The zero-order valence-corrected chi connectivity index (χ0v) is 10.4. The Morgan fingerprint density at radius 3 is 2.44 bits per heavy atom. The third-order valence-electron chi connectivity index (χ3n) is 2.49. The third-order valence-corrected chi connectivity index (χ3v) is 2.71. The molecule has 0 unspecified atom stereocenters. The maximum absolute atomic E-state index is 12.1. The topological polar surface area (TPSA) is 53.4 Å². The highest BCUT2D eigenvalue weighted by atomic mass is 35.5. The molecule has 5 heteroatoms. The van der Waals surface area contributed by atoms with E-state index in [0.717, 1.165) is 0 Å². The zero-order chi connectivity index (χ0) is 13.1. The predicted molar refractivity (Wildman–Crippen MR) is 70.1 cm³/mol. The van der Waals surface area contributed by atoms with E-state index in [1.54, 1.807) is 31.3 Å². The van der Waals surface area contributed by atoms with Gasteiger partial charge in [-0.1, -0.05) is 11.6 Å². The molecule has 0 atom stereocenters. The van der Waals surface area contributed by atoms with Gasteiger partial charge in [0.1, 0.15) is 11.4 Å². The van der Waals surface area contributed by atoms with Crippen molar-refractivity contribution < 1.29 is 9.90 Å². The van der Waals surface area contributed by atoms with Gasteiger partial charge in [0.15, 0.2) is 0 Å². The van der Waals surface area contributed by atoms with Crippen LogP contribution in [0.25, 0.3) is 0 Å². The van der Waals surface area contributed by atoms with Crippen LogP contribution in [0.5, 0.6) is 5.75 Å². The second-order valence-corrected chi connectivity index (χ2v) is 4.18. The number of aromatic hydroxyl groups is 1. The molecule has 2 aromatic rings. The Balaban J connectivity index is 2.23. The summed E-state index contributed by atoms with van der Waals surface area (Å²) in [5.74, 6) is -0.0819. The summed E-state index contributed by atoms with van der Waals surface area (Å²) in [5.41, 5.74) is 0.990. The van der Waals surface area contributed by atoms with E-state index in [4.69, 9.17) is 11.6 Å². The molecule has 1 amide bonds. The molecule has 4 nitrogen and oxygen atoms in total. The molecular weight excluding hydrogens is 252 g/mol. The van der Waals surface area contributed by atoms with Gasteiger partial charge in [-0.3, -0.25) is 4.79 Å². The Bertz CT molecular complexity index is 552. The Hall–Kier alpha value is -2.07. The molecule has 0 aliphatic heterocycles. The minimum Gasteiger partial charge on any atom is -0.508 e. The number of hydrogen-bond donors (Lipinski definition) is 1. The number of rotatable bonds is 2. The number of hydrogen-bond acceptors (Lipinski definition) is 3. The van der Waals surface area contributed by atoms with Gasteiger partial charge in [-0.15, -0.1) is 0 Å². The lowest BCUT2D eigenvalue weighted by Gasteiger charge is -2.16. The van der Waals surface area contributed by atoms with E-state index in [1.807, 2.05) is 0 Å². The summed E-state index contributed by atoms with van der Waals surface area (Å²) in [6.07, 6.45) is 1.43. The fraction of sp³-hybridized carbons (Fsp3) is 0.0769. The van der Waals surface area contributed by atoms with E-state index in [0.29, 0.717) is 16.4 Å². The monoisotopic (exact) mass is 262 g/mol. The average Bonchev–Trinajstić information content (AvgIpc) is 2.39. The molecule has 0 aliphatic rings. The van der Waals surface area contributed by atoms with Gasteiger partial charge in [-0.05, 0) is 36.4 Å². The first-order valence-corrected chi connectivity index (χ1v) is 5.64. The number of carbonyl (C=O) groups excluding carboxylic acids is 1. The molecule has 0 saturated carbocycles. The highest BCUT2D eigenvalue weighted by molar-refractivity contribution is 6.30. The van der Waals surface area contributed by atoms with Crippen molar-refractivity contribution in [3.63, 3.8) is 0 Å². The fourth-order valence-electron chi connectivity index (χ4n) is 1.47. The molecule has 1 N–H and O–H groups in total. The van der Waals surface area contributed by atoms with Crippen molar-refractivity contribution >= 4 is 23.2 Å². The molecule has 1 aromatic heterocycles. The molecule has 1 aromatic carbocycles. The summed E-state index contributed by atoms with van der Waals surface area (Å²) < 4.78 is 0. The van der Waals surface area contributed by atoms with Gasteiger partial charge >= 0.3 is 0 Å². The van der Waals surface area contributed by atoms with Crippen LogP contribution in [0.3, 0.4) is 0 Å². The largest absolute Gasteiger partial charge is 0.508 e. The first-order valence-electron chi connectivity index (χ1n) is 5.26. The number of amides is 1. The molecule has 0 aliphatic carbocycles. The van der Waals surface area contributed by atoms with Gasteiger partial charge in [-0.2, -0.15) is 0 Å². The first-order chi connectivity index (χ1) is 8.58. The third kappa shape index (κ3) is 2.60. The molecule has 0 saturated heterocycles. The lowest BCUT2D eigenvalue weighted by Crippen LogP contribution is -2.26. The van der Waals surface area contributed by atoms with Crippen molar-refractivity contribution in [1.82, 2.24) is 4.98 Å². The summed E-state index contributed by atoms with van der Waals surface area (Å²) in [5, 5.41) is 9.68. The lowest BCUT2D eigenvalue weighted by atomic mass is 10.2. The summed E-state index contributed by atoms with van der Waals surface area (Å²) >= 11 is 5.72. The number of nitrogens with zero attached hydrogens (tertiary/aromatic N) is 2. The zero-order valence-electron chi connectivity index (χ0n) is 9.67. The van der Waals surface area contributed by atoms with Crippen LogP contribution in [0.15, 0.2) is 42.6 Å². The Labute approximate surface area is 109 Å². The van der Waals surface area contributed by atoms with Gasteiger partial charge in [0.2, 0.25) is 0 Å². The van der Waals surface area contributed by atoms with E-state index in [2.05, 4.69) is 4.98 Å². The fourth-order valence-corrected chi connectivity index (χ4v) is 1.58. The maximum atomic E-state index is 12.1. The van der Waals surface area contributed by atoms with Gasteiger partial charge < -0.3 is 10.0 Å². The minimum absolute atomic E-state index is 0.157. The molecule has 1 heterocycles. The van der Waals surface area contributed by atoms with Crippen LogP contribution in [-0.4, -0.2) is 23.0 Å². The standard InChI is InChI=1S/C13H11ClN2O2/c1-16(10-3-5-11(17)6-4-10)13(18)12-7-2-9(14)8-15-12/h2-8,17H,1H3. The van der Waals surface area contributed by atoms with Crippen LogP contribution < -0.4 is 4.90 Å². The Kier molecular flexibility index (Phi) is 3.48. The number of aromatic nitrogens is 1. The number of anilines is 1. The van der Waals surface area contributed by atoms with Crippen LogP contribution in [0, 0.1) is 0 Å². The van der Waals surface area contributed by atoms with Gasteiger partial charge in [-0.25, -0.2) is 4.98 Å². The minimum atomic E-state index is -0.239. The highest BCUT2D eigenvalue weighted by Crippen LogP contribution is 2.19. The SMILES string of the molecule is CN(C(=O)c1ccc(Cl)cn1)c1ccc(O)cc1. The van der Waals surface area contributed by atoms with Gasteiger partial charge in [0.05, 0.1) is 5.02 Å². The van der Waals surface area contributed by atoms with E-state index in [-0.39, 0.29) is 11.7 Å². The number of halogens is 1. The van der Waals surface area contributed by atoms with Crippen LogP contribution in [0.2, 0.25) is 5.02 Å². The van der Waals surface area contributed by atoms with Crippen molar-refractivity contribution in [3.8, 4) is 5.75 Å². The summed E-state index contributed by atoms with van der Waals surface area (Å²) in [6, 6.07) is 9.54. The maximum Gasteiger partial charge on any atom is 0.276 e. The van der Waals surface area contributed by atoms with Crippen molar-refractivity contribution in [2.24, 2.45) is 0 Å². The van der Waals surface area contributed by atoms with E-state index in [1.165, 1.54) is 23.2 Å². The summed E-state index contributed by atoms with van der Waals surface area (Å²) in [7, 11) is 1.64. The van der Waals surface area contributed by atoms with E-state index >= 15 is 0 Å². The molecule has 0 fully saturated rings. The summed E-state index contributed by atoms with van der Waals surface area (Å²) in [6.45, 7) is 0. The smallest absolute Gasteiger partial charge is 0.276 e. The molecule has 2 rings (SSSR count). The second kappa shape index (κ2) is 5.06. The van der Waals surface area contributed by atoms with Crippen LogP contribution >= 0.6 is 11.6 Å². The Morgan fingerprint density at radius 2 is 1.89 bits per heavy atom. The van der Waals surface area contributed by atoms with E-state index in [9.17, 15) is 9.90 Å². The number of benzene rings is 1. The van der Waals surface area contributed by atoms with Crippen molar-refractivity contribution in [1.29, 1.82) is 0 Å². The number of phenols is 1. The van der Waals surface area contributed by atoms with Crippen LogP contribution in [0.4, 0.5) is 5.69 Å². The Morgan fingerprint density at radius 1 is 1.22 bits per heavy atom. The molecule has 18 heavy (non-hydrogen) atoms. The van der Waals surface area contributed by atoms with Crippen LogP contribution in [0.1, 0.15) is 10.5 Å². The average molecular weight is 263 g/mol. The molecule has 0 bridgehead atoms. The normalized spacial score (nSPS) is 10.1. The molecule has 0 radical (unpaired) electrons. The number of carbonyl (C=O) groups is 1. The lowest BCUT2D eigenvalue weighted by molar-refractivity contribution is 0.0988. The summed E-state index contributed by atoms with van der Waals surface area (Å²) in [4.78, 5) is 17.5. The van der Waals surface area contributed by atoms with Gasteiger partial charge in [0.25, 0.3) is 5.91 Å².